The molecular formula is C35H39F2N8O12PS. The number of rotatable bonds is 17. The number of nitrogens with one attached hydrogen (secondary N) is 2. The van der Waals surface area contributed by atoms with Crippen molar-refractivity contribution in [3.63, 3.8) is 0 Å². The number of alkyl halides is 2. The summed E-state index contributed by atoms with van der Waals surface area (Å²) in [7, 11) is 0. The van der Waals surface area contributed by atoms with Crippen molar-refractivity contribution >= 4 is 53.2 Å². The third kappa shape index (κ3) is 10.3. The van der Waals surface area contributed by atoms with E-state index in [4.69, 9.17) is 46.2 Å². The van der Waals surface area contributed by atoms with Crippen LogP contribution >= 0.6 is 6.72 Å². The Morgan fingerprint density at radius 2 is 1.73 bits per heavy atom. The lowest BCUT2D eigenvalue weighted by Gasteiger charge is -2.28. The molecule has 3 aromatic heterocycles. The van der Waals surface area contributed by atoms with E-state index in [1.165, 1.54) is 17.8 Å². The Balaban J connectivity index is 0.00000661. The number of carbonyl (C=O) groups excluding carboxylic acids is 3. The number of hydrogen-bond acceptors (Lipinski definition) is 16. The number of hydrogen-bond donors (Lipinski definition) is 3. The predicted octanol–water partition coefficient (Wildman–Crippen LogP) is 2.57. The second-order valence-electron chi connectivity index (χ2n) is 12.8. The van der Waals surface area contributed by atoms with E-state index >= 15 is 8.78 Å². The van der Waals surface area contributed by atoms with Gasteiger partial charge in [0.25, 0.3) is 11.5 Å². The van der Waals surface area contributed by atoms with Crippen molar-refractivity contribution in [1.29, 1.82) is 0 Å². The van der Waals surface area contributed by atoms with Crippen LogP contribution in [0.5, 0.6) is 0 Å². The van der Waals surface area contributed by atoms with E-state index in [-0.39, 0.29) is 56.2 Å². The molecule has 0 radical (unpaired) electrons. The summed E-state index contributed by atoms with van der Waals surface area (Å²) >= 11 is 5.58. The second kappa shape index (κ2) is 19.7. The fraction of sp³-hybridized carbons (Fsp3) is 0.457. The highest BCUT2D eigenvalue weighted by Crippen LogP contribution is 2.54. The zero-order chi connectivity index (χ0) is 41.6. The van der Waals surface area contributed by atoms with Crippen molar-refractivity contribution in [2.75, 3.05) is 31.7 Å². The summed E-state index contributed by atoms with van der Waals surface area (Å²) in [5, 5.41) is 12.7. The average molecular weight is 865 g/mol. The number of ketones is 1. The van der Waals surface area contributed by atoms with E-state index in [9.17, 15) is 29.1 Å². The van der Waals surface area contributed by atoms with Gasteiger partial charge in [0.05, 0.1) is 26.0 Å². The van der Waals surface area contributed by atoms with Gasteiger partial charge in [-0.1, -0.05) is 25.6 Å². The Bertz CT molecular complexity index is 2350. The highest BCUT2D eigenvalue weighted by Gasteiger charge is 2.52. The zero-order valence-electron chi connectivity index (χ0n) is 30.3. The number of H-pyrrole nitrogens is 1. The number of ether oxygens (including phenoxy) is 3. The van der Waals surface area contributed by atoms with Gasteiger partial charge >= 0.3 is 18.4 Å². The average Bonchev–Trinajstić information content (AvgIpc) is 3.86. The van der Waals surface area contributed by atoms with Crippen molar-refractivity contribution in [2.24, 2.45) is 0 Å². The minimum atomic E-state index is -4.20. The number of aliphatic hydroxyl groups is 1. The molecule has 3 unspecified atom stereocenters. The third-order valence-electron chi connectivity index (χ3n) is 8.79. The van der Waals surface area contributed by atoms with Gasteiger partial charge in [-0.25, -0.2) is 35.1 Å². The molecule has 0 bridgehead atoms. The molecule has 9 atom stereocenters. The van der Waals surface area contributed by atoms with E-state index in [1.807, 2.05) is 4.98 Å². The minimum Gasteiger partial charge on any atom is -0.456 e. The van der Waals surface area contributed by atoms with Crippen LogP contribution in [0.25, 0.3) is 16.0 Å². The van der Waals surface area contributed by atoms with Gasteiger partial charge in [0, 0.05) is 24.2 Å². The van der Waals surface area contributed by atoms with E-state index in [2.05, 4.69) is 25.1 Å². The molecule has 20 nitrogen and oxygen atoms in total. The van der Waals surface area contributed by atoms with Gasteiger partial charge in [0.2, 0.25) is 6.54 Å². The number of carbonyl (C=O) groups is 3. The maximum Gasteiger partial charge on any atom is 0.330 e. The number of fused-ring (bicyclic) bond motifs is 1. The first-order valence-corrected chi connectivity index (χ1v) is 20.0. The van der Waals surface area contributed by atoms with Gasteiger partial charge in [-0.3, -0.25) is 33.0 Å². The Hall–Kier alpha value is -5.18. The molecule has 3 N–H and O–H groups in total. The first-order chi connectivity index (χ1) is 27.8. The fourth-order valence-electron chi connectivity index (χ4n) is 6.01. The van der Waals surface area contributed by atoms with E-state index in [0.717, 1.165) is 23.2 Å². The molecule has 2 aliphatic heterocycles. The van der Waals surface area contributed by atoms with Crippen LogP contribution in [0.2, 0.25) is 0 Å². The predicted molar refractivity (Wildman–Crippen MR) is 205 cm³/mol. The molecule has 0 spiro atoms. The molecule has 316 valence electrons. The van der Waals surface area contributed by atoms with Crippen LogP contribution in [-0.4, -0.2) is 115 Å². The van der Waals surface area contributed by atoms with E-state index in [1.54, 1.807) is 30.3 Å². The lowest BCUT2D eigenvalue weighted by molar-refractivity contribution is -0.155. The normalized spacial score (nSPS) is 24.8. The van der Waals surface area contributed by atoms with Gasteiger partial charge in [-0.05, 0) is 30.9 Å². The standard InChI is InChI=1S/C34H35F2N8O12PS.CH4/c1-18(46)8-9-23(48)55-27-21(54-33(24(27)35)44-17-40-26-29(38-16-39-30(26)44)42-31(49)19-6-4-3-5-7-19)15-52-57(58,51-13-11-37-2)56-28-20(14-45)53-32(25(28)36)43-12-10-22(47)41-34(43)50;/h3-7,10,12,16-17,20-21,24-25,27-28,32-33,45H,8-9,11,13-15H2,1H3,(H,41,47,50)(H,38,39,42,49);1H4/t20-,21-,24+,25+,27?,28?,32-,33-,57?;/m1./s1. The van der Waals surface area contributed by atoms with Gasteiger partial charge in [0.1, 0.15) is 37.0 Å². The third-order valence-corrected chi connectivity index (χ3v) is 11.1. The molecule has 24 heteroatoms. The summed E-state index contributed by atoms with van der Waals surface area (Å²) in [6, 6.07) is 9.22. The second-order valence-corrected chi connectivity index (χ2v) is 15.7. The highest BCUT2D eigenvalue weighted by molar-refractivity contribution is 8.07. The summed E-state index contributed by atoms with van der Waals surface area (Å²) in [5.41, 5.74) is -1.35. The molecule has 2 aliphatic rings. The van der Waals surface area contributed by atoms with Crippen LogP contribution in [0.1, 0.15) is 50.0 Å². The molecule has 2 saturated heterocycles. The molecule has 0 saturated carbocycles. The highest BCUT2D eigenvalue weighted by atomic mass is 32.5. The van der Waals surface area contributed by atoms with Gasteiger partial charge in [-0.2, -0.15) is 0 Å². The van der Waals surface area contributed by atoms with Crippen LogP contribution in [0, 0.1) is 6.57 Å². The number of aromatic amines is 1. The van der Waals surface area contributed by atoms with Gasteiger partial charge in [0.15, 0.2) is 47.9 Å². The summed E-state index contributed by atoms with van der Waals surface area (Å²) in [5.74, 6) is -1.76. The van der Waals surface area contributed by atoms with Gasteiger partial charge in [-0.15, -0.1) is 0 Å². The number of anilines is 1. The van der Waals surface area contributed by atoms with Crippen molar-refractivity contribution in [3.8, 4) is 0 Å². The molecule has 2 fully saturated rings. The van der Waals surface area contributed by atoms with Crippen LogP contribution in [-0.2, 0) is 49.2 Å². The van der Waals surface area contributed by atoms with Crippen molar-refractivity contribution in [1.82, 2.24) is 29.1 Å². The number of halogens is 2. The van der Waals surface area contributed by atoms with Crippen LogP contribution in [0.15, 0.2) is 64.8 Å². The molecule has 6 rings (SSSR count). The maximum absolute atomic E-state index is 16.5. The molecule has 5 heterocycles. The first kappa shape index (κ1) is 44.9. The minimum absolute atomic E-state index is 0. The lowest BCUT2D eigenvalue weighted by atomic mass is 10.1. The first-order valence-electron chi connectivity index (χ1n) is 17.5. The fourth-order valence-corrected chi connectivity index (χ4v) is 8.09. The topological polar surface area (TPSA) is 242 Å². The lowest BCUT2D eigenvalue weighted by Crippen LogP contribution is -2.38. The van der Waals surface area contributed by atoms with E-state index < -0.39 is 92.3 Å². The number of Topliss-reactive ketones (excluding diaryl/α,β-unsaturated/α-hetero) is 1. The summed E-state index contributed by atoms with van der Waals surface area (Å²) in [4.78, 5) is 79.0. The zero-order valence-corrected chi connectivity index (χ0v) is 32.0. The molecule has 0 aliphatic carbocycles. The monoisotopic (exact) mass is 864 g/mol. The summed E-state index contributed by atoms with van der Waals surface area (Å²) in [6.07, 6.45) is -11.3. The molecule has 1 amide bonds. The number of nitrogens with zero attached hydrogens (tertiary/aromatic N) is 6. The summed E-state index contributed by atoms with van der Waals surface area (Å²) in [6.45, 7) is 2.05. The number of aromatic nitrogens is 6. The SMILES string of the molecule is C.[C-]#[N+]CCOP(=S)(OC[C@H]1O[C@@H](n2cnc3c(NC(=O)c4ccccc4)ncnc32)[C@@H](F)C1OC(=O)CCC(C)=O)OC1[C@@H](CO)O[C@@H](n2ccc(=O)[nH]c2=O)[C@H]1F. The van der Waals surface area contributed by atoms with Crippen molar-refractivity contribution in [3.05, 3.63) is 93.1 Å². The number of benzene rings is 1. The number of amides is 1. The summed E-state index contributed by atoms with van der Waals surface area (Å²) < 4.78 is 68.9. The smallest absolute Gasteiger partial charge is 0.330 e. The molecule has 4 aromatic rings. The van der Waals surface area contributed by atoms with Crippen LogP contribution < -0.4 is 16.6 Å². The molecule has 59 heavy (non-hydrogen) atoms. The quantitative estimate of drug-likeness (QED) is 0.0598. The maximum atomic E-state index is 16.5. The largest absolute Gasteiger partial charge is 0.456 e. The Morgan fingerprint density at radius 1 is 1.02 bits per heavy atom. The van der Waals surface area contributed by atoms with Crippen molar-refractivity contribution in [2.45, 2.75) is 76.4 Å². The van der Waals surface area contributed by atoms with E-state index in [0.29, 0.717) is 5.56 Å². The molecule has 1 aromatic carbocycles. The molecular weight excluding hydrogens is 825 g/mol. The van der Waals surface area contributed by atoms with Gasteiger partial charge < -0.3 is 43.3 Å². The Kier molecular flexibility index (Phi) is 15.0. The Morgan fingerprint density at radius 3 is 2.42 bits per heavy atom. The Labute approximate surface area is 338 Å². The number of aliphatic hydroxyl groups excluding tert-OH is 1. The van der Waals surface area contributed by atoms with Crippen LogP contribution in [0.4, 0.5) is 14.6 Å². The number of imidazole rings is 1. The number of esters is 1. The van der Waals surface area contributed by atoms with Crippen LogP contribution in [0.3, 0.4) is 0 Å². The van der Waals surface area contributed by atoms with Crippen molar-refractivity contribution < 1.29 is 56.1 Å².